The number of amides is 1. The van der Waals surface area contributed by atoms with Crippen LogP contribution < -0.4 is 10.6 Å². The van der Waals surface area contributed by atoms with Crippen molar-refractivity contribution in [2.45, 2.75) is 31.7 Å². The Hall–Kier alpha value is -1.57. The van der Waals surface area contributed by atoms with Crippen LogP contribution in [0.15, 0.2) is 24.3 Å². The average Bonchev–Trinajstić information content (AvgIpc) is 2.97. The van der Waals surface area contributed by atoms with Crippen LogP contribution in [0.25, 0.3) is 0 Å². The molecule has 8 heteroatoms. The summed E-state index contributed by atoms with van der Waals surface area (Å²) >= 11 is 1.28. The summed E-state index contributed by atoms with van der Waals surface area (Å²) in [6.45, 7) is 0.868. The van der Waals surface area contributed by atoms with Gasteiger partial charge in [0.1, 0.15) is 10.8 Å². The highest BCUT2D eigenvalue weighted by Gasteiger charge is 2.21. The fourth-order valence-electron chi connectivity index (χ4n) is 2.45. The third-order valence-electron chi connectivity index (χ3n) is 3.62. The summed E-state index contributed by atoms with van der Waals surface area (Å²) in [5, 5.41) is 15.1. The maximum Gasteiger partial charge on any atom is 0.243 e. The molecular weight excluding hydrogens is 339 g/mol. The van der Waals surface area contributed by atoms with Gasteiger partial charge in [-0.25, -0.2) is 4.39 Å². The molecule has 1 fully saturated rings. The van der Waals surface area contributed by atoms with Crippen molar-refractivity contribution in [3.8, 4) is 0 Å². The Morgan fingerprint density at radius 3 is 2.91 bits per heavy atom. The third kappa shape index (κ3) is 4.70. The maximum atomic E-state index is 13.6. The van der Waals surface area contributed by atoms with E-state index in [2.05, 4.69) is 20.8 Å². The lowest BCUT2D eigenvalue weighted by molar-refractivity contribution is -0.118. The number of hydrogen-bond donors (Lipinski definition) is 2. The van der Waals surface area contributed by atoms with Gasteiger partial charge in [-0.2, -0.15) is 0 Å². The number of aromatic nitrogens is 2. The minimum absolute atomic E-state index is 0. The minimum Gasteiger partial charge on any atom is -0.306 e. The van der Waals surface area contributed by atoms with E-state index >= 15 is 0 Å². The molecule has 0 bridgehead atoms. The molecule has 2 heterocycles. The van der Waals surface area contributed by atoms with Crippen molar-refractivity contribution in [2.75, 3.05) is 11.9 Å². The molecule has 1 atom stereocenters. The standard InChI is InChI=1S/C15H17FN4OS.ClH/c16-11-6-2-1-5-10(11)9-13-19-20-15(22-13)18-14(21)12-7-3-4-8-17-12;/h1-2,5-6,12,17H,3-4,7-9H2,(H,18,20,21);1H. The van der Waals surface area contributed by atoms with Crippen molar-refractivity contribution in [1.29, 1.82) is 0 Å². The van der Waals surface area contributed by atoms with E-state index < -0.39 is 0 Å². The lowest BCUT2D eigenvalue weighted by Crippen LogP contribution is -2.43. The molecule has 1 amide bonds. The van der Waals surface area contributed by atoms with Crippen LogP contribution in [0.4, 0.5) is 9.52 Å². The molecule has 5 nitrogen and oxygen atoms in total. The first-order valence-corrected chi connectivity index (χ1v) is 8.14. The molecule has 1 saturated heterocycles. The summed E-state index contributed by atoms with van der Waals surface area (Å²) in [6.07, 6.45) is 3.38. The second kappa shape index (κ2) is 8.33. The Morgan fingerprint density at radius 1 is 1.35 bits per heavy atom. The van der Waals surface area contributed by atoms with Crippen molar-refractivity contribution in [3.63, 3.8) is 0 Å². The van der Waals surface area contributed by atoms with E-state index in [9.17, 15) is 9.18 Å². The highest BCUT2D eigenvalue weighted by Crippen LogP contribution is 2.20. The van der Waals surface area contributed by atoms with Gasteiger partial charge in [0.05, 0.1) is 6.04 Å². The zero-order valence-corrected chi connectivity index (χ0v) is 14.1. The number of rotatable bonds is 4. The molecule has 1 aromatic heterocycles. The third-order valence-corrected chi connectivity index (χ3v) is 4.46. The Labute approximate surface area is 144 Å². The molecule has 0 radical (unpaired) electrons. The fourth-order valence-corrected chi connectivity index (χ4v) is 3.21. The van der Waals surface area contributed by atoms with E-state index in [4.69, 9.17) is 0 Å². The van der Waals surface area contributed by atoms with Crippen LogP contribution in [0.5, 0.6) is 0 Å². The van der Waals surface area contributed by atoms with Gasteiger partial charge in [-0.15, -0.1) is 22.6 Å². The molecule has 0 spiro atoms. The number of halogens is 2. The van der Waals surface area contributed by atoms with E-state index in [1.54, 1.807) is 18.2 Å². The molecule has 0 aliphatic carbocycles. The van der Waals surface area contributed by atoms with Gasteiger partial charge >= 0.3 is 0 Å². The Bertz CT molecular complexity index is 660. The smallest absolute Gasteiger partial charge is 0.243 e. The summed E-state index contributed by atoms with van der Waals surface area (Å²) in [5.41, 5.74) is 0.575. The van der Waals surface area contributed by atoms with Crippen molar-refractivity contribution in [3.05, 3.63) is 40.7 Å². The van der Waals surface area contributed by atoms with E-state index in [-0.39, 0.29) is 30.2 Å². The lowest BCUT2D eigenvalue weighted by Gasteiger charge is -2.21. The van der Waals surface area contributed by atoms with Gasteiger partial charge in [-0.05, 0) is 31.0 Å². The Balaban J connectivity index is 0.00000192. The van der Waals surface area contributed by atoms with Gasteiger partial charge in [-0.3, -0.25) is 10.1 Å². The average molecular weight is 357 g/mol. The molecule has 124 valence electrons. The van der Waals surface area contributed by atoms with Gasteiger partial charge in [0.25, 0.3) is 0 Å². The molecule has 23 heavy (non-hydrogen) atoms. The van der Waals surface area contributed by atoms with Crippen molar-refractivity contribution >= 4 is 34.8 Å². The van der Waals surface area contributed by atoms with Crippen LogP contribution in [0, 0.1) is 5.82 Å². The number of piperidine rings is 1. The zero-order chi connectivity index (χ0) is 15.4. The highest BCUT2D eigenvalue weighted by molar-refractivity contribution is 7.15. The van der Waals surface area contributed by atoms with E-state index in [0.29, 0.717) is 22.1 Å². The molecular formula is C15H18ClFN4OS. The summed E-state index contributed by atoms with van der Waals surface area (Å²) < 4.78 is 13.6. The summed E-state index contributed by atoms with van der Waals surface area (Å²) in [7, 11) is 0. The van der Waals surface area contributed by atoms with Crippen LogP contribution in [-0.2, 0) is 11.2 Å². The molecule has 3 rings (SSSR count). The molecule has 0 saturated carbocycles. The van der Waals surface area contributed by atoms with Gasteiger partial charge in [0.2, 0.25) is 11.0 Å². The van der Waals surface area contributed by atoms with Crippen LogP contribution >= 0.6 is 23.7 Å². The maximum absolute atomic E-state index is 13.6. The van der Waals surface area contributed by atoms with Gasteiger partial charge in [0.15, 0.2) is 0 Å². The quantitative estimate of drug-likeness (QED) is 0.884. The van der Waals surface area contributed by atoms with Crippen LogP contribution in [0.2, 0.25) is 0 Å². The highest BCUT2D eigenvalue weighted by atomic mass is 35.5. The van der Waals surface area contributed by atoms with Crippen molar-refractivity contribution in [2.24, 2.45) is 0 Å². The minimum atomic E-state index is -0.255. The van der Waals surface area contributed by atoms with Crippen molar-refractivity contribution in [1.82, 2.24) is 15.5 Å². The number of benzene rings is 1. The molecule has 2 N–H and O–H groups in total. The molecule has 1 aliphatic heterocycles. The normalized spacial score (nSPS) is 17.3. The van der Waals surface area contributed by atoms with Gasteiger partial charge < -0.3 is 5.32 Å². The summed E-state index contributed by atoms with van der Waals surface area (Å²) in [4.78, 5) is 12.1. The van der Waals surface area contributed by atoms with Crippen LogP contribution in [-0.4, -0.2) is 28.7 Å². The topological polar surface area (TPSA) is 66.9 Å². The second-order valence-corrected chi connectivity index (χ2v) is 6.32. The lowest BCUT2D eigenvalue weighted by atomic mass is 10.0. The monoisotopic (exact) mass is 356 g/mol. The fraction of sp³-hybridized carbons (Fsp3) is 0.400. The predicted molar refractivity (Wildman–Crippen MR) is 90.6 cm³/mol. The number of carbonyl (C=O) groups excluding carboxylic acids is 1. The van der Waals surface area contributed by atoms with Crippen molar-refractivity contribution < 1.29 is 9.18 Å². The van der Waals surface area contributed by atoms with E-state index in [0.717, 1.165) is 25.8 Å². The Kier molecular flexibility index (Phi) is 6.44. The number of nitrogens with zero attached hydrogens (tertiary/aromatic N) is 2. The summed E-state index contributed by atoms with van der Waals surface area (Å²) in [6, 6.07) is 6.43. The molecule has 1 aliphatic rings. The van der Waals surface area contributed by atoms with E-state index in [1.807, 2.05) is 0 Å². The molecule has 1 aromatic carbocycles. The van der Waals surface area contributed by atoms with Gasteiger partial charge in [-0.1, -0.05) is 36.0 Å². The summed E-state index contributed by atoms with van der Waals surface area (Å²) in [5.74, 6) is -0.331. The SMILES string of the molecule is Cl.O=C(Nc1nnc(Cc2ccccc2F)s1)C1CCCCN1. The van der Waals surface area contributed by atoms with E-state index in [1.165, 1.54) is 17.4 Å². The molecule has 1 unspecified atom stereocenters. The second-order valence-electron chi connectivity index (χ2n) is 5.26. The number of anilines is 1. The first kappa shape index (κ1) is 17.8. The largest absolute Gasteiger partial charge is 0.306 e. The molecule has 2 aromatic rings. The zero-order valence-electron chi connectivity index (χ0n) is 12.4. The number of nitrogens with one attached hydrogen (secondary N) is 2. The Morgan fingerprint density at radius 2 is 2.17 bits per heavy atom. The van der Waals surface area contributed by atoms with Gasteiger partial charge in [0, 0.05) is 6.42 Å². The number of carbonyl (C=O) groups is 1. The van der Waals surface area contributed by atoms with Crippen LogP contribution in [0.1, 0.15) is 29.8 Å². The number of hydrogen-bond acceptors (Lipinski definition) is 5. The predicted octanol–water partition coefficient (Wildman–Crippen LogP) is 2.77. The first-order valence-electron chi connectivity index (χ1n) is 7.32. The first-order chi connectivity index (χ1) is 10.7. The van der Waals surface area contributed by atoms with Crippen LogP contribution in [0.3, 0.4) is 0 Å².